The maximum absolute atomic E-state index is 13.9. The lowest BCUT2D eigenvalue weighted by molar-refractivity contribution is -0.137. The second kappa shape index (κ2) is 5.31. The Kier molecular flexibility index (Phi) is 3.85. The smallest absolute Gasteiger partial charge is 0.288 e. The van der Waals surface area contributed by atoms with Crippen LogP contribution in [0.15, 0.2) is 36.4 Å². The zero-order chi connectivity index (χ0) is 15.8. The predicted molar refractivity (Wildman–Crippen MR) is 70.8 cm³/mol. The molecule has 0 bridgehead atoms. The molecule has 0 atom stereocenters. The van der Waals surface area contributed by atoms with E-state index in [1.165, 1.54) is 32.0 Å². The molecule has 0 heterocycles. The quantitative estimate of drug-likeness (QED) is 0.580. The van der Waals surface area contributed by atoms with Crippen LogP contribution in [0.4, 0.5) is 17.6 Å². The molecule has 0 aliphatic carbocycles. The Morgan fingerprint density at radius 3 is 2.19 bits per heavy atom. The van der Waals surface area contributed by atoms with Crippen LogP contribution in [-0.4, -0.2) is 5.78 Å². The zero-order valence-corrected chi connectivity index (χ0v) is 11.4. The summed E-state index contributed by atoms with van der Waals surface area (Å²) in [6.07, 6.45) is -4.47. The second-order valence-electron chi connectivity index (χ2n) is 4.79. The molecule has 2 rings (SSSR count). The first-order valence-corrected chi connectivity index (χ1v) is 6.19. The van der Waals surface area contributed by atoms with E-state index in [-0.39, 0.29) is 16.7 Å². The molecule has 0 amide bonds. The Balaban J connectivity index is 2.48. The van der Waals surface area contributed by atoms with Gasteiger partial charge in [-0.1, -0.05) is 18.2 Å². The summed E-state index contributed by atoms with van der Waals surface area (Å²) in [7, 11) is 0. The monoisotopic (exact) mass is 296 g/mol. The van der Waals surface area contributed by atoms with Crippen LogP contribution in [0.3, 0.4) is 0 Å². The van der Waals surface area contributed by atoms with Crippen molar-refractivity contribution in [3.05, 3.63) is 70.0 Å². The fourth-order valence-corrected chi connectivity index (χ4v) is 2.06. The van der Waals surface area contributed by atoms with Gasteiger partial charge in [0.1, 0.15) is 5.82 Å². The van der Waals surface area contributed by atoms with Crippen LogP contribution >= 0.6 is 0 Å². The molecular formula is C16H12F4O. The molecule has 2 aromatic rings. The predicted octanol–water partition coefficient (Wildman–Crippen LogP) is 4.69. The number of hydrogen-bond acceptors (Lipinski definition) is 1. The molecular weight excluding hydrogens is 284 g/mol. The summed E-state index contributed by atoms with van der Waals surface area (Å²) in [6.45, 7) is 2.92. The summed E-state index contributed by atoms with van der Waals surface area (Å²) in [5, 5.41) is 0. The third-order valence-electron chi connectivity index (χ3n) is 3.23. The molecule has 0 aliphatic rings. The van der Waals surface area contributed by atoms with Crippen LogP contribution < -0.4 is 0 Å². The molecule has 0 aliphatic heterocycles. The van der Waals surface area contributed by atoms with Gasteiger partial charge in [0.05, 0.1) is 11.1 Å². The number of aryl methyl sites for hydroxylation is 2. The van der Waals surface area contributed by atoms with Crippen LogP contribution in [0.5, 0.6) is 0 Å². The standard InChI is InChI=1S/C16H12F4O/c1-9-4-3-5-13(14(9)17)15(21)12-7-6-11(8-10(12)2)16(18,19)20/h3-8H,1-2H3. The Morgan fingerprint density at radius 2 is 1.62 bits per heavy atom. The highest BCUT2D eigenvalue weighted by Crippen LogP contribution is 2.31. The van der Waals surface area contributed by atoms with E-state index >= 15 is 0 Å². The lowest BCUT2D eigenvalue weighted by atomic mass is 9.96. The molecule has 0 radical (unpaired) electrons. The number of rotatable bonds is 2. The molecule has 110 valence electrons. The number of carbonyl (C=O) groups excluding carboxylic acids is 1. The summed E-state index contributed by atoms with van der Waals surface area (Å²) in [6, 6.07) is 7.18. The van der Waals surface area contributed by atoms with Crippen LogP contribution in [0.2, 0.25) is 0 Å². The van der Waals surface area contributed by atoms with Crippen molar-refractivity contribution < 1.29 is 22.4 Å². The lowest BCUT2D eigenvalue weighted by Crippen LogP contribution is -2.10. The first kappa shape index (κ1) is 15.2. The summed E-state index contributed by atoms with van der Waals surface area (Å²) in [4.78, 5) is 12.3. The van der Waals surface area contributed by atoms with E-state index in [9.17, 15) is 22.4 Å². The molecule has 0 fully saturated rings. The molecule has 5 heteroatoms. The van der Waals surface area contributed by atoms with E-state index in [0.717, 1.165) is 18.2 Å². The first-order chi connectivity index (χ1) is 9.71. The van der Waals surface area contributed by atoms with Crippen molar-refractivity contribution in [2.24, 2.45) is 0 Å². The largest absolute Gasteiger partial charge is 0.416 e. The Labute approximate surface area is 119 Å². The van der Waals surface area contributed by atoms with Crippen molar-refractivity contribution in [2.75, 3.05) is 0 Å². The highest BCUT2D eigenvalue weighted by Gasteiger charge is 2.31. The minimum atomic E-state index is -4.47. The second-order valence-corrected chi connectivity index (χ2v) is 4.79. The summed E-state index contributed by atoms with van der Waals surface area (Å²) < 4.78 is 51.7. The minimum Gasteiger partial charge on any atom is -0.288 e. The van der Waals surface area contributed by atoms with E-state index in [2.05, 4.69) is 0 Å². The van der Waals surface area contributed by atoms with E-state index in [1.54, 1.807) is 0 Å². The van der Waals surface area contributed by atoms with Gasteiger partial charge in [0.2, 0.25) is 0 Å². The van der Waals surface area contributed by atoms with E-state index < -0.39 is 23.3 Å². The molecule has 0 unspecified atom stereocenters. The van der Waals surface area contributed by atoms with Crippen LogP contribution in [0, 0.1) is 19.7 Å². The number of halogens is 4. The van der Waals surface area contributed by atoms with Crippen molar-refractivity contribution in [1.29, 1.82) is 0 Å². The van der Waals surface area contributed by atoms with Gasteiger partial charge in [-0.05, 0) is 43.2 Å². The molecule has 0 aromatic heterocycles. The lowest BCUT2D eigenvalue weighted by Gasteiger charge is -2.11. The van der Waals surface area contributed by atoms with Crippen LogP contribution in [-0.2, 0) is 6.18 Å². The van der Waals surface area contributed by atoms with Crippen molar-refractivity contribution in [1.82, 2.24) is 0 Å². The van der Waals surface area contributed by atoms with Gasteiger partial charge in [-0.2, -0.15) is 13.2 Å². The fraction of sp³-hybridized carbons (Fsp3) is 0.188. The number of hydrogen-bond donors (Lipinski definition) is 0. The van der Waals surface area contributed by atoms with Gasteiger partial charge < -0.3 is 0 Å². The molecule has 21 heavy (non-hydrogen) atoms. The minimum absolute atomic E-state index is 0.0625. The van der Waals surface area contributed by atoms with E-state index in [0.29, 0.717) is 5.56 Å². The van der Waals surface area contributed by atoms with Crippen molar-refractivity contribution >= 4 is 5.78 Å². The molecule has 1 nitrogen and oxygen atoms in total. The summed E-state index contributed by atoms with van der Waals surface area (Å²) in [5.41, 5.74) is -0.437. The summed E-state index contributed by atoms with van der Waals surface area (Å²) >= 11 is 0. The molecule has 0 saturated heterocycles. The Bertz CT molecular complexity index is 702. The van der Waals surface area contributed by atoms with Crippen molar-refractivity contribution in [3.8, 4) is 0 Å². The van der Waals surface area contributed by atoms with Gasteiger partial charge in [-0.3, -0.25) is 4.79 Å². The number of alkyl halides is 3. The average Bonchev–Trinajstić information content (AvgIpc) is 2.40. The van der Waals surface area contributed by atoms with Gasteiger partial charge in [0.25, 0.3) is 0 Å². The maximum atomic E-state index is 13.9. The van der Waals surface area contributed by atoms with Crippen LogP contribution in [0.25, 0.3) is 0 Å². The SMILES string of the molecule is Cc1cc(C(F)(F)F)ccc1C(=O)c1cccc(C)c1F. The number of carbonyl (C=O) groups is 1. The van der Waals surface area contributed by atoms with Crippen molar-refractivity contribution in [2.45, 2.75) is 20.0 Å². The zero-order valence-electron chi connectivity index (χ0n) is 11.4. The van der Waals surface area contributed by atoms with Gasteiger partial charge >= 0.3 is 6.18 Å². The third-order valence-corrected chi connectivity index (χ3v) is 3.23. The maximum Gasteiger partial charge on any atom is 0.416 e. The van der Waals surface area contributed by atoms with Gasteiger partial charge in [-0.15, -0.1) is 0 Å². The average molecular weight is 296 g/mol. The van der Waals surface area contributed by atoms with Crippen LogP contribution in [0.1, 0.15) is 32.6 Å². The van der Waals surface area contributed by atoms with Crippen molar-refractivity contribution in [3.63, 3.8) is 0 Å². The van der Waals surface area contributed by atoms with Gasteiger partial charge in [0.15, 0.2) is 5.78 Å². The normalized spacial score (nSPS) is 11.5. The Hall–Kier alpha value is -2.17. The summed E-state index contributed by atoms with van der Waals surface area (Å²) in [5.74, 6) is -1.27. The third kappa shape index (κ3) is 2.96. The first-order valence-electron chi connectivity index (χ1n) is 6.19. The molecule has 0 spiro atoms. The van der Waals surface area contributed by atoms with Gasteiger partial charge in [0, 0.05) is 5.56 Å². The molecule has 2 aromatic carbocycles. The highest BCUT2D eigenvalue weighted by atomic mass is 19.4. The van der Waals surface area contributed by atoms with Gasteiger partial charge in [-0.25, -0.2) is 4.39 Å². The topological polar surface area (TPSA) is 17.1 Å². The molecule has 0 N–H and O–H groups in total. The fourth-order valence-electron chi connectivity index (χ4n) is 2.06. The molecule has 0 saturated carbocycles. The number of ketones is 1. The Morgan fingerprint density at radius 1 is 0.952 bits per heavy atom. The highest BCUT2D eigenvalue weighted by molar-refractivity contribution is 6.10. The number of benzene rings is 2. The van der Waals surface area contributed by atoms with E-state index in [1.807, 2.05) is 0 Å². The van der Waals surface area contributed by atoms with E-state index in [4.69, 9.17) is 0 Å².